The molecule has 1 unspecified atom stereocenters. The fourth-order valence-corrected chi connectivity index (χ4v) is 3.55. The fourth-order valence-electron chi connectivity index (χ4n) is 3.55. The van der Waals surface area contributed by atoms with E-state index in [1.54, 1.807) is 7.11 Å². The number of aliphatic imine (C=N–C) groups is 1. The lowest BCUT2D eigenvalue weighted by molar-refractivity contribution is 0.00981. The molecule has 1 atom stereocenters. The Hall–Kier alpha value is -0.160. The average Bonchev–Trinajstić information content (AvgIpc) is 2.63. The van der Waals surface area contributed by atoms with Gasteiger partial charge in [0.1, 0.15) is 0 Å². The number of nitrogens with zero attached hydrogens (tertiary/aromatic N) is 4. The number of nitrogens with one attached hydrogen (secondary N) is 1. The van der Waals surface area contributed by atoms with Gasteiger partial charge in [-0.3, -0.25) is 9.89 Å². The van der Waals surface area contributed by atoms with E-state index >= 15 is 0 Å². The van der Waals surface area contributed by atoms with Gasteiger partial charge in [0.2, 0.25) is 0 Å². The predicted octanol–water partition coefficient (Wildman–Crippen LogP) is 0.943. The minimum Gasteiger partial charge on any atom is -0.385 e. The topological polar surface area (TPSA) is 52.6 Å². The molecule has 8 heteroatoms. The predicted molar refractivity (Wildman–Crippen MR) is 118 cm³/mol. The Kier molecular flexibility index (Phi) is 12.0. The summed E-state index contributed by atoms with van der Waals surface area (Å²) in [5.74, 6) is 1.03. The molecule has 0 bridgehead atoms. The lowest BCUT2D eigenvalue weighted by Crippen LogP contribution is -2.56. The molecule has 26 heavy (non-hydrogen) atoms. The molecule has 0 aromatic rings. The molecule has 2 heterocycles. The van der Waals surface area contributed by atoms with Crippen LogP contribution in [0.5, 0.6) is 0 Å². The van der Waals surface area contributed by atoms with E-state index in [1.807, 2.05) is 7.05 Å². The van der Waals surface area contributed by atoms with E-state index in [1.165, 1.54) is 0 Å². The highest BCUT2D eigenvalue weighted by molar-refractivity contribution is 14.0. The summed E-state index contributed by atoms with van der Waals surface area (Å²) in [5.41, 5.74) is 0. The van der Waals surface area contributed by atoms with Gasteiger partial charge in [-0.1, -0.05) is 0 Å². The van der Waals surface area contributed by atoms with Crippen molar-refractivity contribution in [1.29, 1.82) is 0 Å². The maximum Gasteiger partial charge on any atom is 0.193 e. The van der Waals surface area contributed by atoms with Gasteiger partial charge in [0.05, 0.1) is 6.10 Å². The molecular formula is C18H38IN5O2. The molecule has 0 aromatic carbocycles. The number of ether oxygens (including phenoxy) is 2. The van der Waals surface area contributed by atoms with Crippen molar-refractivity contribution in [3.63, 3.8) is 0 Å². The maximum absolute atomic E-state index is 5.95. The largest absolute Gasteiger partial charge is 0.385 e. The summed E-state index contributed by atoms with van der Waals surface area (Å²) >= 11 is 0. The number of halogens is 1. The van der Waals surface area contributed by atoms with E-state index in [0.717, 1.165) is 77.7 Å². The highest BCUT2D eigenvalue weighted by Crippen LogP contribution is 2.14. The summed E-state index contributed by atoms with van der Waals surface area (Å²) < 4.78 is 11.0. The third-order valence-electron chi connectivity index (χ3n) is 5.28. The smallest absolute Gasteiger partial charge is 0.193 e. The molecule has 2 aliphatic rings. The zero-order valence-electron chi connectivity index (χ0n) is 16.9. The van der Waals surface area contributed by atoms with Gasteiger partial charge in [-0.2, -0.15) is 0 Å². The van der Waals surface area contributed by atoms with Crippen LogP contribution < -0.4 is 5.32 Å². The van der Waals surface area contributed by atoms with Gasteiger partial charge in [0.25, 0.3) is 0 Å². The molecule has 0 saturated carbocycles. The summed E-state index contributed by atoms with van der Waals surface area (Å²) in [5, 5.41) is 3.58. The third kappa shape index (κ3) is 7.84. The van der Waals surface area contributed by atoms with Crippen LogP contribution in [-0.2, 0) is 9.47 Å². The van der Waals surface area contributed by atoms with Crippen molar-refractivity contribution in [1.82, 2.24) is 20.0 Å². The van der Waals surface area contributed by atoms with E-state index in [-0.39, 0.29) is 24.0 Å². The van der Waals surface area contributed by atoms with Gasteiger partial charge in [-0.25, -0.2) is 0 Å². The Morgan fingerprint density at radius 1 is 1.12 bits per heavy atom. The Morgan fingerprint density at radius 2 is 1.85 bits per heavy atom. The van der Waals surface area contributed by atoms with Crippen LogP contribution in [0.25, 0.3) is 0 Å². The van der Waals surface area contributed by atoms with Gasteiger partial charge >= 0.3 is 0 Å². The highest BCUT2D eigenvalue weighted by atomic mass is 127. The molecule has 154 valence electrons. The molecule has 0 aliphatic carbocycles. The lowest BCUT2D eigenvalue weighted by atomic mass is 10.1. The van der Waals surface area contributed by atoms with Gasteiger partial charge in [0.15, 0.2) is 5.96 Å². The summed E-state index contributed by atoms with van der Waals surface area (Å²) in [7, 11) is 8.04. The second kappa shape index (κ2) is 13.1. The normalized spacial score (nSPS) is 23.8. The van der Waals surface area contributed by atoms with Gasteiger partial charge in [-0.15, -0.1) is 24.0 Å². The van der Waals surface area contributed by atoms with Crippen LogP contribution in [0, 0.1) is 0 Å². The number of piperazine rings is 1. The molecule has 0 aromatic heterocycles. The van der Waals surface area contributed by atoms with Crippen LogP contribution in [0.3, 0.4) is 0 Å². The first-order chi connectivity index (χ1) is 12.1. The molecule has 0 spiro atoms. The summed E-state index contributed by atoms with van der Waals surface area (Å²) in [6.45, 7) is 7.93. The maximum atomic E-state index is 5.95. The zero-order valence-corrected chi connectivity index (χ0v) is 19.3. The first-order valence-electron chi connectivity index (χ1n) is 9.59. The number of likely N-dealkylation sites (N-methyl/N-ethyl adjacent to an activating group) is 2. The molecule has 2 aliphatic heterocycles. The van der Waals surface area contributed by atoms with Gasteiger partial charge in [0, 0.05) is 72.7 Å². The molecule has 1 N–H and O–H groups in total. The highest BCUT2D eigenvalue weighted by Gasteiger charge is 2.25. The first kappa shape index (κ1) is 23.9. The summed E-state index contributed by atoms with van der Waals surface area (Å²) in [6, 6.07) is 0.539. The third-order valence-corrected chi connectivity index (χ3v) is 5.28. The van der Waals surface area contributed by atoms with Crippen molar-refractivity contribution in [3.05, 3.63) is 0 Å². The van der Waals surface area contributed by atoms with E-state index in [2.05, 4.69) is 39.1 Å². The SMILES string of the molecule is CN=C(NCC1CN(C)CCN1C)N1CCC(OCCCOC)CC1.I. The molecule has 0 radical (unpaired) electrons. The van der Waals surface area contributed by atoms with Crippen molar-refractivity contribution in [2.75, 3.05) is 80.7 Å². The Morgan fingerprint density at radius 3 is 2.50 bits per heavy atom. The monoisotopic (exact) mass is 483 g/mol. The van der Waals surface area contributed by atoms with Crippen LogP contribution in [0.1, 0.15) is 19.3 Å². The van der Waals surface area contributed by atoms with Gasteiger partial charge in [-0.05, 0) is 33.4 Å². The molecule has 7 nitrogen and oxygen atoms in total. The van der Waals surface area contributed by atoms with E-state index in [4.69, 9.17) is 9.47 Å². The van der Waals surface area contributed by atoms with Crippen molar-refractivity contribution in [3.8, 4) is 0 Å². The quantitative estimate of drug-likeness (QED) is 0.252. The van der Waals surface area contributed by atoms with E-state index in [0.29, 0.717) is 12.1 Å². The minimum absolute atomic E-state index is 0. The standard InChI is InChI=1S/C18H37N5O2.HI/c1-19-18(20-14-16-15-21(2)10-11-22(16)3)23-8-6-17(7-9-23)25-13-5-12-24-4;/h16-17H,5-15H2,1-4H3,(H,19,20);1H. The fraction of sp³-hybridized carbons (Fsp3) is 0.944. The number of rotatable bonds is 7. The van der Waals surface area contributed by atoms with Crippen molar-refractivity contribution in [2.24, 2.45) is 4.99 Å². The number of methoxy groups -OCH3 is 1. The van der Waals surface area contributed by atoms with Crippen LogP contribution in [0.4, 0.5) is 0 Å². The Balaban J connectivity index is 0.00000338. The Bertz CT molecular complexity index is 405. The number of likely N-dealkylation sites (tertiary alicyclic amines) is 1. The molecule has 2 saturated heterocycles. The van der Waals surface area contributed by atoms with E-state index in [9.17, 15) is 0 Å². The van der Waals surface area contributed by atoms with Crippen LogP contribution in [0.2, 0.25) is 0 Å². The van der Waals surface area contributed by atoms with Crippen molar-refractivity contribution >= 4 is 29.9 Å². The number of piperidine rings is 1. The number of guanidine groups is 1. The van der Waals surface area contributed by atoms with Crippen LogP contribution in [-0.4, -0.2) is 114 Å². The zero-order chi connectivity index (χ0) is 18.1. The molecule has 2 rings (SSSR count). The number of hydrogen-bond donors (Lipinski definition) is 1. The molecular weight excluding hydrogens is 445 g/mol. The molecule has 2 fully saturated rings. The lowest BCUT2D eigenvalue weighted by Gasteiger charge is -2.39. The average molecular weight is 483 g/mol. The van der Waals surface area contributed by atoms with E-state index < -0.39 is 0 Å². The second-order valence-corrected chi connectivity index (χ2v) is 7.23. The summed E-state index contributed by atoms with van der Waals surface area (Å²) in [4.78, 5) is 11.7. The van der Waals surface area contributed by atoms with Crippen molar-refractivity contribution in [2.45, 2.75) is 31.4 Å². The van der Waals surface area contributed by atoms with Crippen LogP contribution in [0.15, 0.2) is 4.99 Å². The first-order valence-corrected chi connectivity index (χ1v) is 9.59. The second-order valence-electron chi connectivity index (χ2n) is 7.23. The van der Waals surface area contributed by atoms with Gasteiger partial charge < -0.3 is 24.6 Å². The Labute approximate surface area is 176 Å². The van der Waals surface area contributed by atoms with Crippen LogP contribution >= 0.6 is 24.0 Å². The molecule has 0 amide bonds. The summed E-state index contributed by atoms with van der Waals surface area (Å²) in [6.07, 6.45) is 3.49. The minimum atomic E-state index is 0. The van der Waals surface area contributed by atoms with Crippen molar-refractivity contribution < 1.29 is 9.47 Å². The number of hydrogen-bond acceptors (Lipinski definition) is 5.